The second-order valence-corrected chi connectivity index (χ2v) is 6.57. The van der Waals surface area contributed by atoms with Crippen LogP contribution in [-0.2, 0) is 15.6 Å². The minimum atomic E-state index is -1.05. The van der Waals surface area contributed by atoms with Crippen molar-refractivity contribution >= 4 is 16.7 Å². The van der Waals surface area contributed by atoms with Crippen LogP contribution in [0.3, 0.4) is 0 Å². The van der Waals surface area contributed by atoms with Crippen LogP contribution in [0.1, 0.15) is 27.2 Å². The summed E-state index contributed by atoms with van der Waals surface area (Å²) in [6.07, 6.45) is 4.91. The fourth-order valence-corrected chi connectivity index (χ4v) is 3.34. The van der Waals surface area contributed by atoms with Gasteiger partial charge in [-0.3, -0.25) is 9.00 Å². The summed E-state index contributed by atoms with van der Waals surface area (Å²) < 4.78 is 11.6. The molecule has 1 rings (SSSR count). The number of hydrogen-bond acceptors (Lipinski definition) is 2. The highest BCUT2D eigenvalue weighted by atomic mass is 32.2. The van der Waals surface area contributed by atoms with Crippen molar-refractivity contribution in [2.45, 2.75) is 27.2 Å². The number of hydrogen-bond donors (Lipinski definition) is 0. The lowest BCUT2D eigenvalue weighted by Gasteiger charge is -2.34. The molecule has 0 saturated carbocycles. The third-order valence-electron chi connectivity index (χ3n) is 3.02. The van der Waals surface area contributed by atoms with Gasteiger partial charge >= 0.3 is 0 Å². The summed E-state index contributed by atoms with van der Waals surface area (Å²) in [6.45, 7) is 7.89. The molecule has 0 aromatic carbocycles. The fourth-order valence-electron chi connectivity index (χ4n) is 2.36. The summed E-state index contributed by atoms with van der Waals surface area (Å²) in [5, 5.41) is 0. The van der Waals surface area contributed by atoms with Gasteiger partial charge in [0.05, 0.1) is 0 Å². The van der Waals surface area contributed by atoms with Crippen LogP contribution in [0.4, 0.5) is 0 Å². The molecule has 0 spiro atoms. The van der Waals surface area contributed by atoms with E-state index in [1.165, 1.54) is 6.42 Å². The first kappa shape index (κ1) is 14.4. The molecule has 0 aliphatic carbocycles. The Labute approximate surface area is 107 Å². The van der Waals surface area contributed by atoms with Crippen molar-refractivity contribution in [3.8, 4) is 0 Å². The maximum atomic E-state index is 12.0. The predicted octanol–water partition coefficient (Wildman–Crippen LogP) is 1.82. The van der Waals surface area contributed by atoms with Gasteiger partial charge in [-0.1, -0.05) is 26.0 Å². The second-order valence-electron chi connectivity index (χ2n) is 5.06. The lowest BCUT2D eigenvalue weighted by Crippen LogP contribution is -2.44. The smallest absolute Gasteiger partial charge is 0.235 e. The molecule has 1 fully saturated rings. The minimum absolute atomic E-state index is 0.0474. The minimum Gasteiger partial charge on any atom is -0.341 e. The van der Waals surface area contributed by atoms with Crippen LogP contribution < -0.4 is 0 Å². The van der Waals surface area contributed by atoms with Crippen LogP contribution in [0.15, 0.2) is 12.2 Å². The average molecular weight is 257 g/mol. The molecule has 1 aliphatic heterocycles. The van der Waals surface area contributed by atoms with E-state index >= 15 is 0 Å². The van der Waals surface area contributed by atoms with Crippen LogP contribution in [0.2, 0.25) is 0 Å². The second kappa shape index (κ2) is 6.94. The van der Waals surface area contributed by atoms with E-state index in [-0.39, 0.29) is 11.7 Å². The Balaban J connectivity index is 2.44. The van der Waals surface area contributed by atoms with Gasteiger partial charge in [0.25, 0.3) is 0 Å². The fraction of sp³-hybridized carbons (Fsp3) is 0.769. The first-order valence-electron chi connectivity index (χ1n) is 6.26. The zero-order valence-corrected chi connectivity index (χ0v) is 11.8. The van der Waals surface area contributed by atoms with Crippen molar-refractivity contribution in [3.63, 3.8) is 0 Å². The van der Waals surface area contributed by atoms with Crippen molar-refractivity contribution in [1.82, 2.24) is 4.90 Å². The molecular weight excluding hydrogens is 234 g/mol. The number of carbonyl (C=O) groups is 1. The van der Waals surface area contributed by atoms with Crippen LogP contribution in [0.25, 0.3) is 0 Å². The Bertz CT molecular complexity index is 305. The molecule has 3 nitrogen and oxygen atoms in total. The highest BCUT2D eigenvalue weighted by molar-refractivity contribution is 7.85. The van der Waals surface area contributed by atoms with Gasteiger partial charge in [-0.05, 0) is 25.2 Å². The molecule has 0 aromatic rings. The van der Waals surface area contributed by atoms with E-state index in [4.69, 9.17) is 0 Å². The Morgan fingerprint density at radius 3 is 2.47 bits per heavy atom. The highest BCUT2D eigenvalue weighted by Gasteiger charge is 2.25. The Hall–Kier alpha value is -0.640. The molecule has 1 aliphatic rings. The Kier molecular flexibility index (Phi) is 5.89. The largest absolute Gasteiger partial charge is 0.341 e. The van der Waals surface area contributed by atoms with E-state index in [0.717, 1.165) is 13.1 Å². The summed E-state index contributed by atoms with van der Waals surface area (Å²) in [4.78, 5) is 13.9. The van der Waals surface area contributed by atoms with Gasteiger partial charge < -0.3 is 4.90 Å². The monoisotopic (exact) mass is 257 g/mol. The standard InChI is InChI=1S/C13H23NO2S/c1-4-5-6-17(16)10-13(15)14-8-11(2)7-12(3)9-14/h4-5,11-12H,6-10H2,1-3H3/b5-4+/t11-,12+,17-/m0/s1. The van der Waals surface area contributed by atoms with Crippen molar-refractivity contribution in [2.75, 3.05) is 24.6 Å². The third-order valence-corrected chi connectivity index (χ3v) is 4.16. The van der Waals surface area contributed by atoms with Crippen molar-refractivity contribution in [1.29, 1.82) is 0 Å². The molecule has 1 amide bonds. The Morgan fingerprint density at radius 1 is 1.35 bits per heavy atom. The van der Waals surface area contributed by atoms with Gasteiger partial charge in [-0.25, -0.2) is 0 Å². The third kappa shape index (κ3) is 5.02. The van der Waals surface area contributed by atoms with Gasteiger partial charge in [-0.15, -0.1) is 0 Å². The summed E-state index contributed by atoms with van der Waals surface area (Å²) in [5.41, 5.74) is 0. The number of carbonyl (C=O) groups excluding carboxylic acids is 1. The van der Waals surface area contributed by atoms with Crippen LogP contribution >= 0.6 is 0 Å². The summed E-state index contributed by atoms with van der Waals surface area (Å²) in [7, 11) is -1.05. The molecule has 0 N–H and O–H groups in total. The quantitative estimate of drug-likeness (QED) is 0.720. The normalized spacial score (nSPS) is 27.4. The molecule has 3 atom stereocenters. The number of allylic oxidation sites excluding steroid dienone is 1. The molecule has 4 heteroatoms. The van der Waals surface area contributed by atoms with Crippen LogP contribution in [-0.4, -0.2) is 39.6 Å². The van der Waals surface area contributed by atoms with E-state index in [1.807, 2.05) is 24.0 Å². The predicted molar refractivity (Wildman–Crippen MR) is 72.2 cm³/mol. The lowest BCUT2D eigenvalue weighted by atomic mass is 9.92. The number of rotatable bonds is 4. The topological polar surface area (TPSA) is 37.4 Å². The van der Waals surface area contributed by atoms with Crippen molar-refractivity contribution < 1.29 is 9.00 Å². The summed E-state index contributed by atoms with van der Waals surface area (Å²) in [5.74, 6) is 1.83. The van der Waals surface area contributed by atoms with Crippen molar-refractivity contribution in [3.05, 3.63) is 12.2 Å². The molecular formula is C13H23NO2S. The molecule has 17 heavy (non-hydrogen) atoms. The van der Waals surface area contributed by atoms with Gasteiger partial charge in [0.2, 0.25) is 5.91 Å². The number of nitrogens with zero attached hydrogens (tertiary/aromatic N) is 1. The zero-order valence-electron chi connectivity index (χ0n) is 11.0. The van der Waals surface area contributed by atoms with E-state index in [2.05, 4.69) is 13.8 Å². The van der Waals surface area contributed by atoms with E-state index < -0.39 is 10.8 Å². The maximum absolute atomic E-state index is 12.0. The SMILES string of the molecule is C/C=C/C[S@](=O)CC(=O)N1C[C@H](C)C[C@H](C)C1. The van der Waals surface area contributed by atoms with Gasteiger partial charge in [0.15, 0.2) is 0 Å². The first-order valence-corrected chi connectivity index (χ1v) is 7.75. The van der Waals surface area contributed by atoms with Crippen LogP contribution in [0.5, 0.6) is 0 Å². The number of piperidine rings is 1. The zero-order chi connectivity index (χ0) is 12.8. The molecule has 98 valence electrons. The maximum Gasteiger partial charge on any atom is 0.235 e. The molecule has 0 radical (unpaired) electrons. The average Bonchev–Trinajstić information content (AvgIpc) is 2.25. The van der Waals surface area contributed by atoms with Crippen molar-refractivity contribution in [2.24, 2.45) is 11.8 Å². The number of likely N-dealkylation sites (tertiary alicyclic amines) is 1. The van der Waals surface area contributed by atoms with Gasteiger partial charge in [-0.2, -0.15) is 0 Å². The molecule has 0 unspecified atom stereocenters. The number of amides is 1. The van der Waals surface area contributed by atoms with E-state index in [9.17, 15) is 9.00 Å². The summed E-state index contributed by atoms with van der Waals surface area (Å²) in [6, 6.07) is 0. The van der Waals surface area contributed by atoms with Crippen LogP contribution in [0, 0.1) is 11.8 Å². The lowest BCUT2D eigenvalue weighted by molar-refractivity contribution is -0.131. The van der Waals surface area contributed by atoms with Gasteiger partial charge in [0.1, 0.15) is 5.75 Å². The highest BCUT2D eigenvalue weighted by Crippen LogP contribution is 2.20. The molecule has 1 saturated heterocycles. The first-order chi connectivity index (χ1) is 8.02. The molecule has 0 aromatic heterocycles. The molecule has 0 bridgehead atoms. The van der Waals surface area contributed by atoms with E-state index in [0.29, 0.717) is 17.6 Å². The van der Waals surface area contributed by atoms with E-state index in [1.54, 1.807) is 0 Å². The summed E-state index contributed by atoms with van der Waals surface area (Å²) >= 11 is 0. The Morgan fingerprint density at radius 2 is 1.94 bits per heavy atom. The van der Waals surface area contributed by atoms with Gasteiger partial charge in [0, 0.05) is 29.6 Å². The molecule has 1 heterocycles.